The van der Waals surface area contributed by atoms with Gasteiger partial charge in [-0.3, -0.25) is 14.3 Å². The largest absolute Gasteiger partial charge is 0.394 e. The molecule has 2 rings (SSSR count). The third-order valence-corrected chi connectivity index (χ3v) is 3.27. The Balaban J connectivity index is 2.40. The van der Waals surface area contributed by atoms with Crippen molar-refractivity contribution in [2.45, 2.75) is 31.8 Å². The number of ether oxygens (including phenoxy) is 1. The van der Waals surface area contributed by atoms with E-state index in [4.69, 9.17) is 9.84 Å². The molecule has 1 saturated heterocycles. The van der Waals surface area contributed by atoms with E-state index in [1.54, 1.807) is 13.0 Å². The fourth-order valence-electron chi connectivity index (χ4n) is 2.08. The van der Waals surface area contributed by atoms with Crippen LogP contribution in [0.15, 0.2) is 20.3 Å². The van der Waals surface area contributed by atoms with Crippen LogP contribution in [0.5, 0.6) is 0 Å². The molecule has 0 saturated carbocycles. The van der Waals surface area contributed by atoms with E-state index >= 15 is 0 Å². The number of aromatic nitrogens is 2. The number of nitrogens with zero attached hydrogens (tertiary/aromatic N) is 1. The molecule has 3 atom stereocenters. The first-order chi connectivity index (χ1) is 9.42. The molecule has 1 aliphatic rings. The Morgan fingerprint density at radius 1 is 1.65 bits per heavy atom. The Morgan fingerprint density at radius 3 is 2.90 bits per heavy atom. The van der Waals surface area contributed by atoms with Gasteiger partial charge in [0.15, 0.2) is 0 Å². The van der Waals surface area contributed by atoms with Crippen LogP contribution in [0.2, 0.25) is 0 Å². The molecule has 2 heterocycles. The van der Waals surface area contributed by atoms with Crippen LogP contribution >= 0.6 is 15.9 Å². The summed E-state index contributed by atoms with van der Waals surface area (Å²) in [5.74, 6) is 0. The number of hydrogen-bond acceptors (Lipinski definition) is 5. The summed E-state index contributed by atoms with van der Waals surface area (Å²) >= 11 is 3.22. The molecule has 20 heavy (non-hydrogen) atoms. The molecule has 8 heteroatoms. The molecule has 0 aromatic carbocycles. The molecule has 1 aromatic rings. The highest BCUT2D eigenvalue weighted by molar-refractivity contribution is 9.11. The topological polar surface area (TPSA) is 105 Å². The second-order valence-electron chi connectivity index (χ2n) is 4.60. The highest BCUT2D eigenvalue weighted by Gasteiger charge is 2.35. The molecule has 1 fully saturated rings. The van der Waals surface area contributed by atoms with Gasteiger partial charge in [-0.25, -0.2) is 4.79 Å². The number of H-pyrrole nitrogens is 1. The zero-order chi connectivity index (χ0) is 14.9. The number of aromatic amines is 1. The molecule has 0 aliphatic carbocycles. The van der Waals surface area contributed by atoms with Crippen molar-refractivity contribution in [3.8, 4) is 0 Å². The van der Waals surface area contributed by atoms with Crippen LogP contribution in [-0.2, 0) is 4.74 Å². The molecule has 0 bridgehead atoms. The zero-order valence-electron chi connectivity index (χ0n) is 10.7. The van der Waals surface area contributed by atoms with E-state index < -0.39 is 29.7 Å². The second-order valence-corrected chi connectivity index (χ2v) is 5.85. The summed E-state index contributed by atoms with van der Waals surface area (Å²) < 4.78 is 7.34. The van der Waals surface area contributed by atoms with Gasteiger partial charge in [-0.15, -0.1) is 0 Å². The fourth-order valence-corrected chi connectivity index (χ4v) is 2.33. The van der Waals surface area contributed by atoms with E-state index in [2.05, 4.69) is 20.9 Å². The average molecular weight is 347 g/mol. The lowest BCUT2D eigenvalue weighted by Gasteiger charge is -2.14. The lowest BCUT2D eigenvalue weighted by atomic mass is 10.2. The summed E-state index contributed by atoms with van der Waals surface area (Å²) in [6.45, 7) is 1.43. The van der Waals surface area contributed by atoms with Gasteiger partial charge in [-0.2, -0.15) is 0 Å². The first-order valence-electron chi connectivity index (χ1n) is 6.06. The van der Waals surface area contributed by atoms with Gasteiger partial charge in [0.05, 0.1) is 18.3 Å². The van der Waals surface area contributed by atoms with E-state index in [9.17, 15) is 14.7 Å². The Bertz CT molecular complexity index is 631. The van der Waals surface area contributed by atoms with E-state index in [0.29, 0.717) is 5.56 Å². The maximum absolute atomic E-state index is 11.8. The van der Waals surface area contributed by atoms with E-state index in [1.807, 2.05) is 0 Å². The molecule has 7 nitrogen and oxygen atoms in total. The van der Waals surface area contributed by atoms with Crippen molar-refractivity contribution in [1.82, 2.24) is 9.55 Å². The van der Waals surface area contributed by atoms with Gasteiger partial charge in [0.2, 0.25) is 0 Å². The molecule has 0 spiro atoms. The summed E-state index contributed by atoms with van der Waals surface area (Å²) in [5.41, 5.74) is -0.818. The van der Waals surface area contributed by atoms with Crippen LogP contribution in [0.25, 0.3) is 6.08 Å². The van der Waals surface area contributed by atoms with Gasteiger partial charge in [0, 0.05) is 12.6 Å². The minimum absolute atomic E-state index is 0.174. The highest BCUT2D eigenvalue weighted by atomic mass is 79.9. The van der Waals surface area contributed by atoms with Gasteiger partial charge in [-0.1, -0.05) is 15.9 Å². The Hall–Kier alpha value is -1.22. The maximum Gasteiger partial charge on any atom is 0.330 e. The first-order valence-corrected chi connectivity index (χ1v) is 6.85. The van der Waals surface area contributed by atoms with Crippen LogP contribution in [0.1, 0.15) is 25.1 Å². The number of aliphatic hydroxyl groups is 2. The predicted octanol–water partition coefficient (Wildman–Crippen LogP) is -0.0670. The molecular formula is C12H15BrN2O5. The number of rotatable bonds is 3. The van der Waals surface area contributed by atoms with Crippen LogP contribution in [0.3, 0.4) is 0 Å². The number of allylic oxidation sites excluding steroid dienone is 1. The molecular weight excluding hydrogens is 332 g/mol. The second kappa shape index (κ2) is 6.04. The van der Waals surface area contributed by atoms with Gasteiger partial charge in [0.1, 0.15) is 12.3 Å². The van der Waals surface area contributed by atoms with E-state index in [-0.39, 0.29) is 13.0 Å². The Morgan fingerprint density at radius 2 is 2.35 bits per heavy atom. The van der Waals surface area contributed by atoms with Crippen molar-refractivity contribution >= 4 is 22.0 Å². The molecule has 0 radical (unpaired) electrons. The molecule has 0 amide bonds. The third-order valence-electron chi connectivity index (χ3n) is 3.04. The first kappa shape index (κ1) is 15.2. The number of halogens is 1. The van der Waals surface area contributed by atoms with Crippen LogP contribution in [0.4, 0.5) is 0 Å². The fraction of sp³-hybridized carbons (Fsp3) is 0.500. The summed E-state index contributed by atoms with van der Waals surface area (Å²) in [6, 6.07) is 0. The van der Waals surface area contributed by atoms with Gasteiger partial charge in [0.25, 0.3) is 5.56 Å². The third kappa shape index (κ3) is 3.09. The van der Waals surface area contributed by atoms with Crippen LogP contribution in [-0.4, -0.2) is 38.6 Å². The number of hydrogen-bond donors (Lipinski definition) is 3. The minimum Gasteiger partial charge on any atom is -0.394 e. The van der Waals surface area contributed by atoms with E-state index in [1.165, 1.54) is 10.8 Å². The Labute approximate surface area is 122 Å². The molecule has 1 aromatic heterocycles. The summed E-state index contributed by atoms with van der Waals surface area (Å²) in [4.78, 5) is 25.7. The van der Waals surface area contributed by atoms with Crippen LogP contribution < -0.4 is 11.2 Å². The van der Waals surface area contributed by atoms with Crippen LogP contribution in [0, 0.1) is 0 Å². The quantitative estimate of drug-likeness (QED) is 0.710. The molecule has 0 unspecified atom stereocenters. The summed E-state index contributed by atoms with van der Waals surface area (Å²) in [7, 11) is 0. The lowest BCUT2D eigenvalue weighted by Crippen LogP contribution is -2.33. The summed E-state index contributed by atoms with van der Waals surface area (Å²) in [6.07, 6.45) is 0.839. The SMILES string of the molecule is CC(Br)=Cc1cn([C@H]2C[C@H](O)[C@@H](CO)O2)c(=O)[nH]c1=O. The van der Waals surface area contributed by atoms with Crippen molar-refractivity contribution < 1.29 is 14.9 Å². The molecule has 1 aliphatic heterocycles. The smallest absolute Gasteiger partial charge is 0.330 e. The average Bonchev–Trinajstić information content (AvgIpc) is 2.73. The van der Waals surface area contributed by atoms with Gasteiger partial charge in [-0.05, 0) is 17.5 Å². The van der Waals surface area contributed by atoms with Crippen molar-refractivity contribution in [2.75, 3.05) is 6.61 Å². The van der Waals surface area contributed by atoms with Crippen molar-refractivity contribution in [1.29, 1.82) is 0 Å². The zero-order valence-corrected chi connectivity index (χ0v) is 12.3. The highest BCUT2D eigenvalue weighted by Crippen LogP contribution is 2.27. The standard InChI is InChI=1S/C12H15BrN2O5/c1-6(13)2-7-4-15(12(19)14-11(7)18)10-3-8(17)9(5-16)20-10/h2,4,8-10,16-17H,3,5H2,1H3,(H,14,18,19)/t8-,9+,10+/m0/s1. The Kier molecular flexibility index (Phi) is 4.59. The number of aliphatic hydroxyl groups excluding tert-OH is 2. The monoisotopic (exact) mass is 346 g/mol. The normalized spacial score (nSPS) is 27.0. The van der Waals surface area contributed by atoms with E-state index in [0.717, 1.165) is 4.48 Å². The lowest BCUT2D eigenvalue weighted by molar-refractivity contribution is -0.0459. The minimum atomic E-state index is -0.847. The van der Waals surface area contributed by atoms with Crippen molar-refractivity contribution in [3.05, 3.63) is 37.1 Å². The maximum atomic E-state index is 11.8. The number of nitrogens with one attached hydrogen (secondary N) is 1. The van der Waals surface area contributed by atoms with Gasteiger partial charge < -0.3 is 14.9 Å². The van der Waals surface area contributed by atoms with Gasteiger partial charge >= 0.3 is 5.69 Å². The van der Waals surface area contributed by atoms with Crippen molar-refractivity contribution in [3.63, 3.8) is 0 Å². The molecule has 110 valence electrons. The summed E-state index contributed by atoms with van der Waals surface area (Å²) in [5, 5.41) is 18.7. The van der Waals surface area contributed by atoms with Crippen molar-refractivity contribution in [2.24, 2.45) is 0 Å². The predicted molar refractivity (Wildman–Crippen MR) is 75.5 cm³/mol. The molecule has 3 N–H and O–H groups in total.